The lowest BCUT2D eigenvalue weighted by molar-refractivity contribution is 1.53. The average molecular weight is 332 g/mol. The molecule has 88 valence electrons. The summed E-state index contributed by atoms with van der Waals surface area (Å²) in [5.41, 5.74) is 8.00. The van der Waals surface area contributed by atoms with Crippen LogP contribution < -0.4 is 11.1 Å². The lowest BCUT2D eigenvalue weighted by atomic mass is 10.2. The van der Waals surface area contributed by atoms with E-state index in [9.17, 15) is 0 Å². The molecule has 0 heterocycles. The normalized spacial score (nSPS) is 10.3. The van der Waals surface area contributed by atoms with Crippen molar-refractivity contribution >= 4 is 56.2 Å². The number of rotatable bonds is 2. The number of hydrogen-bond acceptors (Lipinski definition) is 2. The molecule has 0 radical (unpaired) electrons. The monoisotopic (exact) mass is 330 g/mol. The molecule has 0 saturated carbocycles. The Balaban J connectivity index is 2.31. The third-order valence-electron chi connectivity index (χ3n) is 2.25. The summed E-state index contributed by atoms with van der Waals surface area (Å²) >= 11 is 15.3. The van der Waals surface area contributed by atoms with Crippen LogP contribution in [-0.4, -0.2) is 0 Å². The molecule has 0 atom stereocenters. The van der Waals surface area contributed by atoms with Gasteiger partial charge in [0.15, 0.2) is 0 Å². The van der Waals surface area contributed by atoms with E-state index < -0.39 is 0 Å². The fourth-order valence-electron chi connectivity index (χ4n) is 1.38. The van der Waals surface area contributed by atoms with E-state index in [0.29, 0.717) is 15.7 Å². The molecular weight excluding hydrogens is 323 g/mol. The number of nitrogen functional groups attached to an aromatic ring is 1. The van der Waals surface area contributed by atoms with Crippen LogP contribution in [0.5, 0.6) is 0 Å². The zero-order valence-electron chi connectivity index (χ0n) is 8.68. The molecule has 0 unspecified atom stereocenters. The van der Waals surface area contributed by atoms with E-state index in [1.807, 2.05) is 30.3 Å². The van der Waals surface area contributed by atoms with Crippen molar-refractivity contribution in [1.29, 1.82) is 0 Å². The van der Waals surface area contributed by atoms with E-state index in [1.54, 1.807) is 6.07 Å². The molecule has 0 saturated heterocycles. The third kappa shape index (κ3) is 2.86. The number of nitrogens with two attached hydrogens (primary N) is 1. The van der Waals surface area contributed by atoms with Crippen LogP contribution in [0.3, 0.4) is 0 Å². The largest absolute Gasteiger partial charge is 0.396 e. The molecule has 17 heavy (non-hydrogen) atoms. The molecule has 2 aromatic rings. The van der Waals surface area contributed by atoms with Crippen molar-refractivity contribution in [3.05, 3.63) is 50.9 Å². The van der Waals surface area contributed by atoms with Crippen molar-refractivity contribution in [2.24, 2.45) is 0 Å². The first-order chi connectivity index (χ1) is 8.08. The fourth-order valence-corrected chi connectivity index (χ4v) is 1.98. The van der Waals surface area contributed by atoms with Crippen molar-refractivity contribution in [3.63, 3.8) is 0 Å². The molecule has 0 spiro atoms. The van der Waals surface area contributed by atoms with E-state index in [0.717, 1.165) is 15.8 Å². The van der Waals surface area contributed by atoms with Crippen LogP contribution in [0.15, 0.2) is 40.9 Å². The third-order valence-corrected chi connectivity index (χ3v) is 3.81. The van der Waals surface area contributed by atoms with E-state index in [-0.39, 0.29) is 0 Å². The number of para-hydroxylation sites is 1. The second-order valence-electron chi connectivity index (χ2n) is 3.45. The molecule has 5 heteroatoms. The first-order valence-corrected chi connectivity index (χ1v) is 6.39. The molecule has 2 rings (SSSR count). The van der Waals surface area contributed by atoms with Gasteiger partial charge in [-0.2, -0.15) is 0 Å². The molecule has 0 amide bonds. The second-order valence-corrected chi connectivity index (χ2v) is 5.12. The van der Waals surface area contributed by atoms with Gasteiger partial charge in [-0.05, 0) is 46.3 Å². The van der Waals surface area contributed by atoms with Gasteiger partial charge in [0.25, 0.3) is 0 Å². The first-order valence-electron chi connectivity index (χ1n) is 4.84. The summed E-state index contributed by atoms with van der Waals surface area (Å²) in [6.45, 7) is 0. The predicted octanol–water partition coefficient (Wildman–Crippen LogP) is 5.08. The Morgan fingerprint density at radius 2 is 1.82 bits per heavy atom. The highest BCUT2D eigenvalue weighted by atomic mass is 79.9. The zero-order valence-corrected chi connectivity index (χ0v) is 11.8. The molecular formula is C12H9BrCl2N2. The van der Waals surface area contributed by atoms with Gasteiger partial charge in [0.2, 0.25) is 0 Å². The smallest absolute Gasteiger partial charge is 0.0742 e. The highest BCUT2D eigenvalue weighted by molar-refractivity contribution is 9.10. The first kappa shape index (κ1) is 12.6. The number of hydrogen-bond donors (Lipinski definition) is 2. The van der Waals surface area contributed by atoms with Crippen molar-refractivity contribution in [3.8, 4) is 0 Å². The van der Waals surface area contributed by atoms with E-state index in [4.69, 9.17) is 28.9 Å². The summed E-state index contributed by atoms with van der Waals surface area (Å²) in [5, 5.41) is 4.33. The molecule has 0 fully saturated rings. The lowest BCUT2D eigenvalue weighted by Gasteiger charge is -2.10. The van der Waals surface area contributed by atoms with Crippen LogP contribution in [0.1, 0.15) is 0 Å². The molecule has 0 bridgehead atoms. The van der Waals surface area contributed by atoms with Crippen LogP contribution in [0.4, 0.5) is 17.1 Å². The quantitative estimate of drug-likeness (QED) is 0.753. The Bertz CT molecular complexity index is 558. The van der Waals surface area contributed by atoms with Crippen molar-refractivity contribution in [2.45, 2.75) is 0 Å². The van der Waals surface area contributed by atoms with Gasteiger partial charge in [-0.15, -0.1) is 0 Å². The lowest BCUT2D eigenvalue weighted by Crippen LogP contribution is -1.96. The molecule has 0 aliphatic carbocycles. The van der Waals surface area contributed by atoms with Crippen LogP contribution in [-0.2, 0) is 0 Å². The number of halogens is 3. The summed E-state index contributed by atoms with van der Waals surface area (Å²) < 4.78 is 0.851. The van der Waals surface area contributed by atoms with Crippen LogP contribution >= 0.6 is 39.1 Å². The average Bonchev–Trinajstić information content (AvgIpc) is 2.30. The molecule has 0 aliphatic rings. The number of benzene rings is 2. The minimum Gasteiger partial charge on any atom is -0.396 e. The van der Waals surface area contributed by atoms with Gasteiger partial charge in [-0.25, -0.2) is 0 Å². The van der Waals surface area contributed by atoms with Gasteiger partial charge in [0.05, 0.1) is 21.4 Å². The Kier molecular flexibility index (Phi) is 3.82. The summed E-state index contributed by atoms with van der Waals surface area (Å²) in [7, 11) is 0. The SMILES string of the molecule is Nc1c(Cl)cccc1Nc1ccc(Br)c(Cl)c1. The number of anilines is 3. The van der Waals surface area contributed by atoms with Gasteiger partial charge in [0.1, 0.15) is 0 Å². The number of nitrogens with one attached hydrogen (secondary N) is 1. The Hall–Kier alpha value is -0.900. The van der Waals surface area contributed by atoms with E-state index in [2.05, 4.69) is 21.2 Å². The topological polar surface area (TPSA) is 38.0 Å². The van der Waals surface area contributed by atoms with Crippen molar-refractivity contribution < 1.29 is 0 Å². The van der Waals surface area contributed by atoms with Crippen LogP contribution in [0.2, 0.25) is 10.0 Å². The van der Waals surface area contributed by atoms with Crippen LogP contribution in [0.25, 0.3) is 0 Å². The highest BCUT2D eigenvalue weighted by Crippen LogP contribution is 2.31. The summed E-state index contributed by atoms with van der Waals surface area (Å²) in [4.78, 5) is 0. The van der Waals surface area contributed by atoms with E-state index >= 15 is 0 Å². The minimum atomic E-state index is 0.521. The Labute approximate surface area is 118 Å². The second kappa shape index (κ2) is 5.17. The van der Waals surface area contributed by atoms with Gasteiger partial charge in [0, 0.05) is 10.2 Å². The maximum atomic E-state index is 6.01. The van der Waals surface area contributed by atoms with Crippen molar-refractivity contribution in [1.82, 2.24) is 0 Å². The summed E-state index contributed by atoms with van der Waals surface area (Å²) in [6, 6.07) is 11.0. The minimum absolute atomic E-state index is 0.521. The molecule has 2 aromatic carbocycles. The molecule has 0 aliphatic heterocycles. The van der Waals surface area contributed by atoms with Gasteiger partial charge in [-0.3, -0.25) is 0 Å². The predicted molar refractivity (Wildman–Crippen MR) is 78.3 cm³/mol. The van der Waals surface area contributed by atoms with Crippen LogP contribution in [0, 0.1) is 0 Å². The molecule has 0 aromatic heterocycles. The maximum absolute atomic E-state index is 6.01. The highest BCUT2D eigenvalue weighted by Gasteiger charge is 2.04. The summed E-state index contributed by atoms with van der Waals surface area (Å²) in [6.07, 6.45) is 0. The van der Waals surface area contributed by atoms with Gasteiger partial charge < -0.3 is 11.1 Å². The Morgan fingerprint density at radius 3 is 2.53 bits per heavy atom. The van der Waals surface area contributed by atoms with Crippen molar-refractivity contribution in [2.75, 3.05) is 11.1 Å². The van der Waals surface area contributed by atoms with E-state index in [1.165, 1.54) is 0 Å². The zero-order chi connectivity index (χ0) is 12.4. The standard InChI is InChI=1S/C12H9BrCl2N2/c13-8-5-4-7(6-10(8)15)17-11-3-1-2-9(14)12(11)16/h1-6,17H,16H2. The molecule has 2 nitrogen and oxygen atoms in total. The molecule has 3 N–H and O–H groups in total. The maximum Gasteiger partial charge on any atom is 0.0742 e. The fraction of sp³-hybridized carbons (Fsp3) is 0. The van der Waals surface area contributed by atoms with Gasteiger partial charge in [-0.1, -0.05) is 29.3 Å². The Morgan fingerprint density at radius 1 is 1.06 bits per heavy atom. The summed E-state index contributed by atoms with van der Waals surface area (Å²) in [5.74, 6) is 0. The van der Waals surface area contributed by atoms with Gasteiger partial charge >= 0.3 is 0 Å².